The summed E-state index contributed by atoms with van der Waals surface area (Å²) in [6.45, 7) is 3.92. The number of benzene rings is 1. The molecule has 1 amide bonds. The van der Waals surface area contributed by atoms with Gasteiger partial charge in [0.1, 0.15) is 0 Å². The molecule has 100 valence electrons. The molecule has 0 bridgehead atoms. The first-order chi connectivity index (χ1) is 9.11. The van der Waals surface area contributed by atoms with Crippen LogP contribution in [0.5, 0.6) is 0 Å². The number of hydrogen-bond acceptors (Lipinski definition) is 3. The van der Waals surface area contributed by atoms with Crippen LogP contribution in [0.4, 0.5) is 5.69 Å². The number of aromatic nitrogens is 1. The van der Waals surface area contributed by atoms with Crippen LogP contribution in [0.15, 0.2) is 30.3 Å². The summed E-state index contributed by atoms with van der Waals surface area (Å²) in [7, 11) is 0. The van der Waals surface area contributed by atoms with Crippen molar-refractivity contribution in [3.63, 3.8) is 0 Å². The Morgan fingerprint density at radius 1 is 1.42 bits per heavy atom. The molecule has 0 saturated heterocycles. The van der Waals surface area contributed by atoms with Crippen LogP contribution in [0, 0.1) is 6.92 Å². The Hall–Kier alpha value is -1.94. The third-order valence-corrected chi connectivity index (χ3v) is 3.04. The number of nitrogens with two attached hydrogens (primary N) is 1. The van der Waals surface area contributed by atoms with Crippen molar-refractivity contribution in [3.8, 4) is 0 Å². The molecule has 1 aromatic heterocycles. The number of carbonyl (C=O) groups excluding carboxylic acids is 1. The van der Waals surface area contributed by atoms with E-state index in [4.69, 9.17) is 5.73 Å². The Balaban J connectivity index is 2.32. The number of hydrogen-bond donors (Lipinski definition) is 2. The van der Waals surface area contributed by atoms with Crippen LogP contribution in [-0.4, -0.2) is 16.9 Å². The monoisotopic (exact) mass is 257 g/mol. The van der Waals surface area contributed by atoms with Crippen LogP contribution in [0.2, 0.25) is 0 Å². The summed E-state index contributed by atoms with van der Waals surface area (Å²) in [5.41, 5.74) is 8.36. The van der Waals surface area contributed by atoms with Gasteiger partial charge in [0.25, 0.3) is 0 Å². The van der Waals surface area contributed by atoms with Crippen molar-refractivity contribution in [2.45, 2.75) is 32.7 Å². The van der Waals surface area contributed by atoms with E-state index in [2.05, 4.69) is 10.3 Å². The highest BCUT2D eigenvalue weighted by molar-refractivity contribution is 6.02. The van der Waals surface area contributed by atoms with E-state index in [0.29, 0.717) is 6.42 Å². The minimum absolute atomic E-state index is 0.141. The van der Waals surface area contributed by atoms with Gasteiger partial charge in [0.2, 0.25) is 5.91 Å². The van der Waals surface area contributed by atoms with Crippen molar-refractivity contribution in [2.24, 2.45) is 5.73 Å². The fourth-order valence-electron chi connectivity index (χ4n) is 2.08. The molecule has 2 aromatic rings. The van der Waals surface area contributed by atoms with E-state index in [1.807, 2.05) is 44.2 Å². The number of amides is 1. The van der Waals surface area contributed by atoms with Gasteiger partial charge in [0, 0.05) is 11.1 Å². The first-order valence-corrected chi connectivity index (χ1v) is 6.54. The molecule has 1 aromatic carbocycles. The van der Waals surface area contributed by atoms with Crippen LogP contribution in [0.3, 0.4) is 0 Å². The maximum atomic E-state index is 12.0. The van der Waals surface area contributed by atoms with Crippen molar-refractivity contribution in [1.82, 2.24) is 4.98 Å². The maximum absolute atomic E-state index is 12.0. The van der Waals surface area contributed by atoms with Crippen LogP contribution in [-0.2, 0) is 4.79 Å². The van der Waals surface area contributed by atoms with Gasteiger partial charge in [-0.05, 0) is 25.5 Å². The number of aryl methyl sites for hydroxylation is 1. The SMILES string of the molecule is CCC[C@@H](N)C(=O)Nc1cc(C)nc2ccccc12. The predicted molar refractivity (Wildman–Crippen MR) is 78.0 cm³/mol. The van der Waals surface area contributed by atoms with Gasteiger partial charge in [0.15, 0.2) is 0 Å². The molecule has 0 aliphatic carbocycles. The standard InChI is InChI=1S/C15H19N3O/c1-3-6-12(16)15(19)18-14-9-10(2)17-13-8-5-4-7-11(13)14/h4-5,7-9,12H,3,6,16H2,1-2H3,(H,17,18,19)/t12-/m1/s1. The molecule has 0 fully saturated rings. The van der Waals surface area contributed by atoms with E-state index in [-0.39, 0.29) is 5.91 Å². The zero-order chi connectivity index (χ0) is 13.8. The zero-order valence-electron chi connectivity index (χ0n) is 11.3. The van der Waals surface area contributed by atoms with E-state index in [1.165, 1.54) is 0 Å². The number of para-hydroxylation sites is 1. The quantitative estimate of drug-likeness (QED) is 0.884. The highest BCUT2D eigenvalue weighted by atomic mass is 16.2. The number of fused-ring (bicyclic) bond motifs is 1. The van der Waals surface area contributed by atoms with Crippen molar-refractivity contribution in [1.29, 1.82) is 0 Å². The van der Waals surface area contributed by atoms with Crippen LogP contribution < -0.4 is 11.1 Å². The molecule has 0 aliphatic heterocycles. The maximum Gasteiger partial charge on any atom is 0.241 e. The highest BCUT2D eigenvalue weighted by Crippen LogP contribution is 2.23. The summed E-state index contributed by atoms with van der Waals surface area (Å²) in [5.74, 6) is -0.141. The number of nitrogens with one attached hydrogen (secondary N) is 1. The van der Waals surface area contributed by atoms with Crippen molar-refractivity contribution < 1.29 is 4.79 Å². The van der Waals surface area contributed by atoms with Crippen molar-refractivity contribution in [3.05, 3.63) is 36.0 Å². The summed E-state index contributed by atoms with van der Waals surface area (Å²) in [6.07, 6.45) is 1.58. The van der Waals surface area contributed by atoms with Gasteiger partial charge in [-0.2, -0.15) is 0 Å². The molecule has 0 spiro atoms. The van der Waals surface area contributed by atoms with E-state index >= 15 is 0 Å². The first-order valence-electron chi connectivity index (χ1n) is 6.54. The lowest BCUT2D eigenvalue weighted by molar-refractivity contribution is -0.117. The number of carbonyl (C=O) groups is 1. The largest absolute Gasteiger partial charge is 0.324 e. The zero-order valence-corrected chi connectivity index (χ0v) is 11.3. The van der Waals surface area contributed by atoms with Crippen LogP contribution in [0.1, 0.15) is 25.5 Å². The molecular formula is C15H19N3O. The van der Waals surface area contributed by atoms with E-state index in [1.54, 1.807) is 0 Å². The smallest absolute Gasteiger partial charge is 0.241 e. The normalized spacial score (nSPS) is 12.4. The van der Waals surface area contributed by atoms with Gasteiger partial charge in [0.05, 0.1) is 17.2 Å². The summed E-state index contributed by atoms with van der Waals surface area (Å²) in [4.78, 5) is 16.4. The average molecular weight is 257 g/mol. The van der Waals surface area contributed by atoms with Gasteiger partial charge < -0.3 is 11.1 Å². The first kappa shape index (κ1) is 13.5. The second-order valence-electron chi connectivity index (χ2n) is 4.71. The predicted octanol–water partition coefficient (Wildman–Crippen LogP) is 2.61. The fourth-order valence-corrected chi connectivity index (χ4v) is 2.08. The molecule has 4 nitrogen and oxygen atoms in total. The molecule has 0 radical (unpaired) electrons. The number of anilines is 1. The second kappa shape index (κ2) is 5.80. The third-order valence-electron chi connectivity index (χ3n) is 3.04. The van der Waals surface area contributed by atoms with Gasteiger partial charge in [-0.1, -0.05) is 31.5 Å². The molecule has 0 unspecified atom stereocenters. The minimum Gasteiger partial charge on any atom is -0.324 e. The van der Waals surface area contributed by atoms with Crippen LogP contribution in [0.25, 0.3) is 10.9 Å². The molecule has 1 heterocycles. The molecule has 19 heavy (non-hydrogen) atoms. The molecule has 0 saturated carbocycles. The Kier molecular flexibility index (Phi) is 4.12. The van der Waals surface area contributed by atoms with E-state index in [9.17, 15) is 4.79 Å². The summed E-state index contributed by atoms with van der Waals surface area (Å²) in [5, 5.41) is 3.84. The molecule has 4 heteroatoms. The highest BCUT2D eigenvalue weighted by Gasteiger charge is 2.14. The molecule has 0 aliphatic rings. The van der Waals surface area contributed by atoms with E-state index in [0.717, 1.165) is 28.7 Å². The average Bonchev–Trinajstić information content (AvgIpc) is 2.38. The summed E-state index contributed by atoms with van der Waals surface area (Å²) in [6, 6.07) is 9.16. The molecule has 1 atom stereocenters. The Morgan fingerprint density at radius 3 is 2.89 bits per heavy atom. The van der Waals surface area contributed by atoms with Gasteiger partial charge in [-0.3, -0.25) is 9.78 Å². The van der Waals surface area contributed by atoms with Gasteiger partial charge in [-0.25, -0.2) is 0 Å². The third kappa shape index (κ3) is 3.09. The lowest BCUT2D eigenvalue weighted by Gasteiger charge is -2.13. The molecule has 3 N–H and O–H groups in total. The number of pyridine rings is 1. The molecule has 2 rings (SSSR count). The summed E-state index contributed by atoms with van der Waals surface area (Å²) >= 11 is 0. The Labute approximate surface area is 113 Å². The van der Waals surface area contributed by atoms with Crippen LogP contribution >= 0.6 is 0 Å². The second-order valence-corrected chi connectivity index (χ2v) is 4.71. The molecular weight excluding hydrogens is 238 g/mol. The van der Waals surface area contributed by atoms with Gasteiger partial charge in [-0.15, -0.1) is 0 Å². The Morgan fingerprint density at radius 2 is 2.16 bits per heavy atom. The fraction of sp³-hybridized carbons (Fsp3) is 0.333. The number of nitrogens with zero attached hydrogens (tertiary/aromatic N) is 1. The van der Waals surface area contributed by atoms with Crippen molar-refractivity contribution >= 4 is 22.5 Å². The van der Waals surface area contributed by atoms with E-state index < -0.39 is 6.04 Å². The summed E-state index contributed by atoms with van der Waals surface area (Å²) < 4.78 is 0. The lowest BCUT2D eigenvalue weighted by atomic mass is 10.1. The van der Waals surface area contributed by atoms with Crippen molar-refractivity contribution in [2.75, 3.05) is 5.32 Å². The Bertz CT molecular complexity index is 595. The minimum atomic E-state index is -0.461. The van der Waals surface area contributed by atoms with Gasteiger partial charge >= 0.3 is 0 Å². The topological polar surface area (TPSA) is 68.0 Å². The number of rotatable bonds is 4. The lowest BCUT2D eigenvalue weighted by Crippen LogP contribution is -2.35.